The Hall–Kier alpha value is -1.76. The number of carboxylic acid groups (broad SMARTS) is 1. The zero-order chi connectivity index (χ0) is 14.4. The number of nitro groups is 1. The third kappa shape index (κ3) is 4.44. The summed E-state index contributed by atoms with van der Waals surface area (Å²) in [6.07, 6.45) is 0. The second-order valence-corrected chi connectivity index (χ2v) is 4.96. The third-order valence-corrected chi connectivity index (χ3v) is 3.60. The molecule has 0 aliphatic carbocycles. The normalized spacial score (nSPS) is 11.9. The highest BCUT2D eigenvalue weighted by atomic mass is 32.2. The molecule has 1 aromatic carbocycles. The smallest absolute Gasteiger partial charge is 0.310 e. The van der Waals surface area contributed by atoms with Crippen LogP contribution >= 0.6 is 11.8 Å². The highest BCUT2D eigenvalue weighted by molar-refractivity contribution is 7.99. The number of aliphatic carboxylic acids is 1. The van der Waals surface area contributed by atoms with Gasteiger partial charge in [-0.2, -0.15) is 0 Å². The minimum absolute atomic E-state index is 0.0857. The van der Waals surface area contributed by atoms with Gasteiger partial charge >= 0.3 is 11.7 Å². The van der Waals surface area contributed by atoms with Gasteiger partial charge in [0, 0.05) is 22.8 Å². The summed E-state index contributed by atoms with van der Waals surface area (Å²) in [5.74, 6) is -0.728. The van der Waals surface area contributed by atoms with Crippen LogP contribution in [-0.4, -0.2) is 28.4 Å². The van der Waals surface area contributed by atoms with Crippen LogP contribution in [0.2, 0.25) is 0 Å². The van der Waals surface area contributed by atoms with Crippen LogP contribution in [0.5, 0.6) is 5.75 Å². The van der Waals surface area contributed by atoms with Gasteiger partial charge in [-0.25, -0.2) is 0 Å². The van der Waals surface area contributed by atoms with E-state index in [4.69, 9.17) is 9.84 Å². The highest BCUT2D eigenvalue weighted by Crippen LogP contribution is 2.32. The summed E-state index contributed by atoms with van der Waals surface area (Å²) in [6, 6.07) is 4.54. The summed E-state index contributed by atoms with van der Waals surface area (Å²) in [6.45, 7) is 3.70. The van der Waals surface area contributed by atoms with Gasteiger partial charge in [0.25, 0.3) is 0 Å². The van der Waals surface area contributed by atoms with Crippen molar-refractivity contribution < 1.29 is 19.6 Å². The Morgan fingerprint density at radius 2 is 2.26 bits per heavy atom. The lowest BCUT2D eigenvalue weighted by molar-refractivity contribution is -0.385. The first-order valence-electron chi connectivity index (χ1n) is 5.72. The van der Waals surface area contributed by atoms with Gasteiger partial charge in [-0.05, 0) is 13.0 Å². The van der Waals surface area contributed by atoms with E-state index in [0.29, 0.717) is 12.4 Å². The molecule has 1 N–H and O–H groups in total. The minimum Gasteiger partial charge on any atom is -0.487 e. The fourth-order valence-electron chi connectivity index (χ4n) is 1.30. The predicted octanol–water partition coefficient (Wildman–Crippen LogP) is 2.81. The monoisotopic (exact) mass is 285 g/mol. The van der Waals surface area contributed by atoms with E-state index in [-0.39, 0.29) is 11.4 Å². The first kappa shape index (κ1) is 15.3. The Morgan fingerprint density at radius 3 is 2.79 bits per heavy atom. The molecule has 0 heterocycles. The number of hydrogen-bond donors (Lipinski definition) is 1. The number of nitro benzene ring substituents is 1. The number of carboxylic acids is 1. The number of ether oxygens (including phenoxy) is 1. The standard InChI is InChI=1S/C12H15NO5S/c1-3-18-11-6-9(4-5-10(11)13(16)17)19-7-8(2)12(14)15/h4-6,8H,3,7H2,1-2H3,(H,14,15). The maximum atomic E-state index is 10.8. The van der Waals surface area contributed by atoms with Crippen LogP contribution in [0.3, 0.4) is 0 Å². The molecule has 0 aliphatic heterocycles. The van der Waals surface area contributed by atoms with Crippen LogP contribution in [-0.2, 0) is 4.79 Å². The van der Waals surface area contributed by atoms with E-state index >= 15 is 0 Å². The van der Waals surface area contributed by atoms with E-state index in [0.717, 1.165) is 4.90 Å². The number of benzene rings is 1. The Morgan fingerprint density at radius 1 is 1.58 bits per heavy atom. The second kappa shape index (κ2) is 6.98. The molecule has 1 unspecified atom stereocenters. The van der Waals surface area contributed by atoms with Crippen molar-refractivity contribution >= 4 is 23.4 Å². The molecule has 0 fully saturated rings. The van der Waals surface area contributed by atoms with Crippen molar-refractivity contribution in [3.05, 3.63) is 28.3 Å². The Balaban J connectivity index is 2.83. The van der Waals surface area contributed by atoms with Gasteiger partial charge in [0.1, 0.15) is 0 Å². The lowest BCUT2D eigenvalue weighted by Gasteiger charge is -2.08. The molecule has 0 aromatic heterocycles. The summed E-state index contributed by atoms with van der Waals surface area (Å²) >= 11 is 1.33. The zero-order valence-electron chi connectivity index (χ0n) is 10.7. The lowest BCUT2D eigenvalue weighted by atomic mass is 10.2. The van der Waals surface area contributed by atoms with E-state index in [1.807, 2.05) is 0 Å². The topological polar surface area (TPSA) is 89.7 Å². The molecule has 6 nitrogen and oxygen atoms in total. The molecule has 104 valence electrons. The van der Waals surface area contributed by atoms with Crippen LogP contribution in [0.1, 0.15) is 13.8 Å². The van der Waals surface area contributed by atoms with Crippen LogP contribution in [0, 0.1) is 16.0 Å². The molecule has 1 aromatic rings. The maximum Gasteiger partial charge on any atom is 0.310 e. The molecule has 0 bridgehead atoms. The average Bonchev–Trinajstić information content (AvgIpc) is 2.36. The first-order chi connectivity index (χ1) is 8.95. The summed E-state index contributed by atoms with van der Waals surface area (Å²) in [5.41, 5.74) is -0.0857. The van der Waals surface area contributed by atoms with Gasteiger partial charge < -0.3 is 9.84 Å². The van der Waals surface area contributed by atoms with Crippen molar-refractivity contribution in [2.75, 3.05) is 12.4 Å². The fourth-order valence-corrected chi connectivity index (χ4v) is 2.24. The summed E-state index contributed by atoms with van der Waals surface area (Å²) in [7, 11) is 0. The van der Waals surface area contributed by atoms with Gasteiger partial charge in [0.05, 0.1) is 17.4 Å². The number of thioether (sulfide) groups is 1. The molecule has 7 heteroatoms. The van der Waals surface area contributed by atoms with E-state index in [1.54, 1.807) is 26.0 Å². The number of rotatable bonds is 7. The SMILES string of the molecule is CCOc1cc(SCC(C)C(=O)O)ccc1[N+](=O)[O-]. The first-order valence-corrected chi connectivity index (χ1v) is 6.71. The second-order valence-electron chi connectivity index (χ2n) is 3.87. The van der Waals surface area contributed by atoms with Crippen molar-refractivity contribution in [3.63, 3.8) is 0 Å². The molecule has 0 spiro atoms. The molecule has 0 amide bonds. The fraction of sp³-hybridized carbons (Fsp3) is 0.417. The molecule has 19 heavy (non-hydrogen) atoms. The van der Waals surface area contributed by atoms with Gasteiger partial charge in [0.2, 0.25) is 0 Å². The van der Waals surface area contributed by atoms with Gasteiger partial charge in [-0.1, -0.05) is 6.92 Å². The molecular formula is C12H15NO5S. The molecule has 0 saturated carbocycles. The molecule has 0 saturated heterocycles. The summed E-state index contributed by atoms with van der Waals surface area (Å²) in [5, 5.41) is 19.6. The Labute approximate surface area is 114 Å². The average molecular weight is 285 g/mol. The lowest BCUT2D eigenvalue weighted by Crippen LogP contribution is -2.11. The minimum atomic E-state index is -0.862. The Kier molecular flexibility index (Phi) is 5.62. The van der Waals surface area contributed by atoms with Gasteiger partial charge in [0.15, 0.2) is 5.75 Å². The van der Waals surface area contributed by atoms with Crippen LogP contribution in [0.25, 0.3) is 0 Å². The maximum absolute atomic E-state index is 10.8. The Bertz CT molecular complexity index is 477. The quantitative estimate of drug-likeness (QED) is 0.470. The largest absolute Gasteiger partial charge is 0.487 e. The van der Waals surface area contributed by atoms with Gasteiger partial charge in [-0.15, -0.1) is 11.8 Å². The number of hydrogen-bond acceptors (Lipinski definition) is 5. The number of carbonyl (C=O) groups is 1. The predicted molar refractivity (Wildman–Crippen MR) is 71.8 cm³/mol. The van der Waals surface area contributed by atoms with Crippen molar-refractivity contribution in [2.24, 2.45) is 5.92 Å². The van der Waals surface area contributed by atoms with Crippen LogP contribution < -0.4 is 4.74 Å². The molecule has 1 atom stereocenters. The van der Waals surface area contributed by atoms with E-state index in [1.165, 1.54) is 17.8 Å². The van der Waals surface area contributed by atoms with E-state index in [9.17, 15) is 14.9 Å². The third-order valence-electron chi connectivity index (χ3n) is 2.35. The molecule has 0 radical (unpaired) electrons. The van der Waals surface area contributed by atoms with E-state index < -0.39 is 16.8 Å². The molecule has 1 rings (SSSR count). The van der Waals surface area contributed by atoms with Crippen molar-refractivity contribution in [1.82, 2.24) is 0 Å². The van der Waals surface area contributed by atoms with Crippen molar-refractivity contribution in [3.8, 4) is 5.75 Å². The highest BCUT2D eigenvalue weighted by Gasteiger charge is 2.17. The van der Waals surface area contributed by atoms with Crippen LogP contribution in [0.15, 0.2) is 23.1 Å². The molecule has 0 aliphatic rings. The molecular weight excluding hydrogens is 270 g/mol. The zero-order valence-corrected chi connectivity index (χ0v) is 11.5. The van der Waals surface area contributed by atoms with Crippen molar-refractivity contribution in [2.45, 2.75) is 18.7 Å². The summed E-state index contributed by atoms with van der Waals surface area (Å²) < 4.78 is 5.22. The summed E-state index contributed by atoms with van der Waals surface area (Å²) in [4.78, 5) is 21.8. The number of nitrogens with zero attached hydrogens (tertiary/aromatic N) is 1. The van der Waals surface area contributed by atoms with Gasteiger partial charge in [-0.3, -0.25) is 14.9 Å². The van der Waals surface area contributed by atoms with E-state index in [2.05, 4.69) is 0 Å². The van der Waals surface area contributed by atoms with Crippen molar-refractivity contribution in [1.29, 1.82) is 0 Å². The van der Waals surface area contributed by atoms with Crippen LogP contribution in [0.4, 0.5) is 5.69 Å².